The van der Waals surface area contributed by atoms with Crippen LogP contribution in [-0.2, 0) is 22.7 Å². The van der Waals surface area contributed by atoms with E-state index in [1.807, 2.05) is 38.1 Å². The second-order valence-corrected chi connectivity index (χ2v) is 6.35. The molecule has 0 aliphatic heterocycles. The first kappa shape index (κ1) is 19.2. The average Bonchev–Trinajstić information content (AvgIpc) is 2.72. The number of hydrogen-bond donors (Lipinski definition) is 0. The van der Waals surface area contributed by atoms with Crippen LogP contribution in [0.25, 0.3) is 0 Å². The highest BCUT2D eigenvalue weighted by molar-refractivity contribution is 5.89. The topological polar surface area (TPSA) is 78.4 Å². The third-order valence-corrected chi connectivity index (χ3v) is 4.06. The first-order valence-corrected chi connectivity index (χ1v) is 8.78. The Balaban J connectivity index is 1.49. The summed E-state index contributed by atoms with van der Waals surface area (Å²) >= 11 is 0. The van der Waals surface area contributed by atoms with Gasteiger partial charge in [-0.2, -0.15) is 0 Å². The number of hydrogen-bond acceptors (Lipinski definition) is 6. The highest BCUT2D eigenvalue weighted by Gasteiger charge is 2.09. The van der Waals surface area contributed by atoms with Crippen LogP contribution < -0.4 is 0 Å². The van der Waals surface area contributed by atoms with Crippen molar-refractivity contribution in [1.29, 1.82) is 0 Å². The van der Waals surface area contributed by atoms with E-state index in [2.05, 4.69) is 9.97 Å². The summed E-state index contributed by atoms with van der Waals surface area (Å²) in [5.74, 6) is -0.838. The molecule has 28 heavy (non-hydrogen) atoms. The Morgan fingerprint density at radius 3 is 1.39 bits per heavy atom. The first-order valence-electron chi connectivity index (χ1n) is 8.78. The van der Waals surface area contributed by atoms with Gasteiger partial charge in [-0.15, -0.1) is 0 Å². The summed E-state index contributed by atoms with van der Waals surface area (Å²) in [7, 11) is 0. The molecule has 0 atom stereocenters. The molecule has 0 saturated carbocycles. The van der Waals surface area contributed by atoms with E-state index < -0.39 is 11.9 Å². The van der Waals surface area contributed by atoms with Gasteiger partial charge in [0.2, 0.25) is 0 Å². The summed E-state index contributed by atoms with van der Waals surface area (Å²) in [4.78, 5) is 32.2. The highest BCUT2D eigenvalue weighted by atomic mass is 16.5. The van der Waals surface area contributed by atoms with Crippen molar-refractivity contribution in [2.24, 2.45) is 0 Å². The third-order valence-electron chi connectivity index (χ3n) is 4.06. The standard InChI is InChI=1S/C22H20N2O4/c1-15-3-9-19(11-23-15)21(25)27-13-17-5-7-18(8-6-17)14-28-22(26)20-10-4-16(2)24-12-20/h3-12H,13-14H2,1-2H3. The van der Waals surface area contributed by atoms with Crippen LogP contribution >= 0.6 is 0 Å². The molecule has 0 radical (unpaired) electrons. The minimum Gasteiger partial charge on any atom is -0.457 e. The van der Waals surface area contributed by atoms with Crippen LogP contribution in [0, 0.1) is 13.8 Å². The fourth-order valence-electron chi connectivity index (χ4n) is 2.37. The van der Waals surface area contributed by atoms with Crippen molar-refractivity contribution in [1.82, 2.24) is 9.97 Å². The number of esters is 2. The number of carbonyl (C=O) groups is 2. The maximum Gasteiger partial charge on any atom is 0.340 e. The first-order chi connectivity index (χ1) is 13.5. The van der Waals surface area contributed by atoms with Gasteiger partial charge in [-0.25, -0.2) is 9.59 Å². The van der Waals surface area contributed by atoms with Gasteiger partial charge >= 0.3 is 11.9 Å². The van der Waals surface area contributed by atoms with Crippen LogP contribution in [-0.4, -0.2) is 21.9 Å². The number of carbonyl (C=O) groups excluding carboxylic acids is 2. The number of rotatable bonds is 6. The van der Waals surface area contributed by atoms with E-state index in [0.29, 0.717) is 11.1 Å². The van der Waals surface area contributed by atoms with Crippen molar-refractivity contribution in [3.05, 3.63) is 94.6 Å². The van der Waals surface area contributed by atoms with E-state index in [4.69, 9.17) is 9.47 Å². The van der Waals surface area contributed by atoms with Gasteiger partial charge < -0.3 is 9.47 Å². The Morgan fingerprint density at radius 1 is 0.679 bits per heavy atom. The predicted molar refractivity (Wildman–Crippen MR) is 103 cm³/mol. The zero-order valence-corrected chi connectivity index (χ0v) is 15.7. The molecule has 0 spiro atoms. The van der Waals surface area contributed by atoms with Gasteiger partial charge in [-0.3, -0.25) is 9.97 Å². The Morgan fingerprint density at radius 2 is 1.07 bits per heavy atom. The molecule has 1 aromatic carbocycles. The molecule has 0 N–H and O–H groups in total. The largest absolute Gasteiger partial charge is 0.457 e. The molecule has 0 amide bonds. The number of benzene rings is 1. The molecule has 3 rings (SSSR count). The Labute approximate surface area is 163 Å². The average molecular weight is 376 g/mol. The Hall–Kier alpha value is -3.54. The van der Waals surface area contributed by atoms with Crippen LogP contribution in [0.1, 0.15) is 43.2 Å². The van der Waals surface area contributed by atoms with E-state index in [9.17, 15) is 9.59 Å². The van der Waals surface area contributed by atoms with E-state index >= 15 is 0 Å². The Bertz CT molecular complexity index is 869. The second kappa shape index (κ2) is 8.90. The van der Waals surface area contributed by atoms with Gasteiger partial charge in [-0.1, -0.05) is 24.3 Å². The lowest BCUT2D eigenvalue weighted by Crippen LogP contribution is -2.07. The van der Waals surface area contributed by atoms with Crippen molar-refractivity contribution in [3.63, 3.8) is 0 Å². The maximum atomic E-state index is 12.0. The maximum absolute atomic E-state index is 12.0. The normalized spacial score (nSPS) is 10.4. The van der Waals surface area contributed by atoms with Gasteiger partial charge in [-0.05, 0) is 49.2 Å². The number of ether oxygens (including phenoxy) is 2. The lowest BCUT2D eigenvalue weighted by molar-refractivity contribution is 0.0459. The smallest absolute Gasteiger partial charge is 0.340 e. The van der Waals surface area contributed by atoms with Crippen LogP contribution in [0.2, 0.25) is 0 Å². The van der Waals surface area contributed by atoms with Crippen molar-refractivity contribution in [2.45, 2.75) is 27.1 Å². The van der Waals surface area contributed by atoms with E-state index in [1.54, 1.807) is 24.3 Å². The summed E-state index contributed by atoms with van der Waals surface area (Å²) < 4.78 is 10.6. The van der Waals surface area contributed by atoms with Gasteiger partial charge in [0.25, 0.3) is 0 Å². The molecule has 2 heterocycles. The fourth-order valence-corrected chi connectivity index (χ4v) is 2.37. The summed E-state index contributed by atoms with van der Waals surface area (Å²) in [6.45, 7) is 4.01. The summed E-state index contributed by atoms with van der Waals surface area (Å²) in [5, 5.41) is 0. The predicted octanol–water partition coefficient (Wildman–Crippen LogP) is 3.81. The van der Waals surface area contributed by atoms with Gasteiger partial charge in [0.1, 0.15) is 13.2 Å². The minimum atomic E-state index is -0.419. The van der Waals surface area contributed by atoms with E-state index in [-0.39, 0.29) is 13.2 Å². The summed E-state index contributed by atoms with van der Waals surface area (Å²) in [5.41, 5.74) is 4.19. The quantitative estimate of drug-likeness (QED) is 0.609. The molecular formula is C22H20N2O4. The molecule has 0 saturated heterocycles. The molecular weight excluding hydrogens is 356 g/mol. The molecule has 0 unspecified atom stereocenters. The van der Waals surface area contributed by atoms with Crippen LogP contribution in [0.4, 0.5) is 0 Å². The Kier molecular flexibility index (Phi) is 6.11. The summed E-state index contributed by atoms with van der Waals surface area (Å²) in [6, 6.07) is 14.2. The molecule has 142 valence electrons. The molecule has 6 heteroatoms. The number of pyridine rings is 2. The van der Waals surface area contributed by atoms with E-state index in [0.717, 1.165) is 22.5 Å². The third kappa shape index (κ3) is 5.23. The number of nitrogens with zero attached hydrogens (tertiary/aromatic N) is 2. The minimum absolute atomic E-state index is 0.155. The lowest BCUT2D eigenvalue weighted by Gasteiger charge is -2.07. The zero-order chi connectivity index (χ0) is 19.9. The molecule has 0 aliphatic rings. The SMILES string of the molecule is Cc1ccc(C(=O)OCc2ccc(COC(=O)c3ccc(C)nc3)cc2)cn1. The molecule has 0 aliphatic carbocycles. The van der Waals surface area contributed by atoms with Crippen molar-refractivity contribution in [3.8, 4) is 0 Å². The van der Waals surface area contributed by atoms with Crippen molar-refractivity contribution >= 4 is 11.9 Å². The highest BCUT2D eigenvalue weighted by Crippen LogP contribution is 2.11. The van der Waals surface area contributed by atoms with Gasteiger partial charge in [0.15, 0.2) is 0 Å². The number of aromatic nitrogens is 2. The second-order valence-electron chi connectivity index (χ2n) is 6.35. The van der Waals surface area contributed by atoms with E-state index in [1.165, 1.54) is 12.4 Å². The van der Waals surface area contributed by atoms with Gasteiger partial charge in [0.05, 0.1) is 11.1 Å². The molecule has 0 fully saturated rings. The van der Waals surface area contributed by atoms with Crippen LogP contribution in [0.15, 0.2) is 60.9 Å². The number of aryl methyl sites for hydroxylation is 2. The lowest BCUT2D eigenvalue weighted by atomic mass is 10.1. The summed E-state index contributed by atoms with van der Waals surface area (Å²) in [6.07, 6.45) is 3.00. The fraction of sp³-hybridized carbons (Fsp3) is 0.182. The zero-order valence-electron chi connectivity index (χ0n) is 15.7. The molecule has 3 aromatic rings. The van der Waals surface area contributed by atoms with Gasteiger partial charge in [0, 0.05) is 23.8 Å². The molecule has 2 aromatic heterocycles. The molecule has 0 bridgehead atoms. The monoisotopic (exact) mass is 376 g/mol. The van der Waals surface area contributed by atoms with Crippen molar-refractivity contribution in [2.75, 3.05) is 0 Å². The molecule has 6 nitrogen and oxygen atoms in total. The van der Waals surface area contributed by atoms with Crippen molar-refractivity contribution < 1.29 is 19.1 Å². The van der Waals surface area contributed by atoms with Crippen LogP contribution in [0.3, 0.4) is 0 Å². The van der Waals surface area contributed by atoms with Crippen LogP contribution in [0.5, 0.6) is 0 Å².